The molecule has 5 rings (SSSR count). The van der Waals surface area contributed by atoms with E-state index in [1.54, 1.807) is 67.2 Å². The molecule has 4 heterocycles. The number of hydrogen-bond donors (Lipinski definition) is 0. The molecule has 1 aromatic carbocycles. The number of nitriles is 1. The monoisotopic (exact) mass is 484 g/mol. The first-order valence-electron chi connectivity index (χ1n) is 10.6. The fourth-order valence-electron chi connectivity index (χ4n) is 4.19. The van der Waals surface area contributed by atoms with Crippen molar-refractivity contribution in [2.24, 2.45) is 14.1 Å². The van der Waals surface area contributed by atoms with Gasteiger partial charge in [0.15, 0.2) is 0 Å². The van der Waals surface area contributed by atoms with Crippen LogP contribution >= 0.6 is 11.6 Å². The minimum Gasteiger partial charge on any atom is -0.334 e. The molecule has 7 nitrogen and oxygen atoms in total. The van der Waals surface area contributed by atoms with Crippen molar-refractivity contribution < 1.29 is 4.39 Å². The summed E-state index contributed by atoms with van der Waals surface area (Å²) in [6.45, 7) is 0. The summed E-state index contributed by atoms with van der Waals surface area (Å²) in [5, 5.41) is 10.3. The van der Waals surface area contributed by atoms with Gasteiger partial charge in [0.2, 0.25) is 5.67 Å². The molecule has 0 saturated heterocycles. The molecular weight excluding hydrogens is 467 g/mol. The minimum absolute atomic E-state index is 0.104. The lowest BCUT2D eigenvalue weighted by atomic mass is 9.87. The third-order valence-electron chi connectivity index (χ3n) is 6.04. The van der Waals surface area contributed by atoms with E-state index < -0.39 is 5.67 Å². The van der Waals surface area contributed by atoms with Gasteiger partial charge in [-0.15, -0.1) is 0 Å². The van der Waals surface area contributed by atoms with Gasteiger partial charge >= 0.3 is 0 Å². The molecule has 0 radical (unpaired) electrons. The van der Waals surface area contributed by atoms with Crippen molar-refractivity contribution >= 4 is 22.5 Å². The van der Waals surface area contributed by atoms with E-state index in [0.29, 0.717) is 32.7 Å². The number of imidazole rings is 1. The van der Waals surface area contributed by atoms with Gasteiger partial charge in [0.25, 0.3) is 5.56 Å². The lowest BCUT2D eigenvalue weighted by Gasteiger charge is -2.26. The largest absolute Gasteiger partial charge is 0.334 e. The van der Waals surface area contributed by atoms with Crippen molar-refractivity contribution in [3.05, 3.63) is 111 Å². The molecule has 0 aliphatic carbocycles. The molecule has 4 aromatic heterocycles. The zero-order valence-electron chi connectivity index (χ0n) is 18.8. The van der Waals surface area contributed by atoms with Crippen molar-refractivity contribution in [2.45, 2.75) is 5.67 Å². The lowest BCUT2D eigenvalue weighted by Crippen LogP contribution is -2.28. The van der Waals surface area contributed by atoms with Crippen LogP contribution in [0.5, 0.6) is 0 Å². The summed E-state index contributed by atoms with van der Waals surface area (Å²) >= 11 is 6.07. The van der Waals surface area contributed by atoms with Crippen LogP contribution < -0.4 is 5.56 Å². The second-order valence-electron chi connectivity index (χ2n) is 8.12. The number of hydrogen-bond acceptors (Lipinski definition) is 5. The Bertz CT molecular complexity index is 1690. The smallest absolute Gasteiger partial charge is 0.251 e. The predicted octanol–water partition coefficient (Wildman–Crippen LogP) is 4.52. The first kappa shape index (κ1) is 22.4. The topological polar surface area (TPSA) is 89.4 Å². The van der Waals surface area contributed by atoms with Gasteiger partial charge in [-0.25, -0.2) is 14.4 Å². The maximum Gasteiger partial charge on any atom is 0.251 e. The number of halogens is 2. The Hall–Kier alpha value is -4.35. The van der Waals surface area contributed by atoms with E-state index in [1.807, 2.05) is 6.07 Å². The van der Waals surface area contributed by atoms with Crippen LogP contribution in [-0.2, 0) is 19.8 Å². The standard InChI is InChI=1S/C26H18ClFN6O/c1-33-15-30-14-24(33)26(28,16-6-8-17(27)9-7-16)23-10-20-19(21-5-3-4-18(12-29)32-21)11-25(35)34(2)22(20)13-31-23/h3-11,13-15H,1-2H3/t26-/m1/s1. The summed E-state index contributed by atoms with van der Waals surface area (Å²) in [7, 11) is 3.33. The zero-order chi connectivity index (χ0) is 24.7. The number of rotatable bonds is 4. The average molecular weight is 485 g/mol. The Labute approximate surface area is 204 Å². The van der Waals surface area contributed by atoms with Gasteiger partial charge < -0.3 is 9.13 Å². The van der Waals surface area contributed by atoms with Crippen LogP contribution in [0.15, 0.2) is 78.1 Å². The highest BCUT2D eigenvalue weighted by atomic mass is 35.5. The normalized spacial score (nSPS) is 12.9. The average Bonchev–Trinajstić information content (AvgIpc) is 3.32. The minimum atomic E-state index is -2.17. The molecule has 0 unspecified atom stereocenters. The van der Waals surface area contributed by atoms with Crippen LogP contribution in [0.4, 0.5) is 4.39 Å². The first-order chi connectivity index (χ1) is 16.8. The number of pyridine rings is 3. The fraction of sp³-hybridized carbons (Fsp3) is 0.115. The van der Waals surface area contributed by atoms with E-state index in [1.165, 1.54) is 29.4 Å². The summed E-state index contributed by atoms with van der Waals surface area (Å²) in [5.41, 5.74) is -0.110. The molecule has 5 aromatic rings. The molecule has 1 atom stereocenters. The van der Waals surface area contributed by atoms with Crippen LogP contribution in [0.3, 0.4) is 0 Å². The molecule has 0 aliphatic heterocycles. The van der Waals surface area contributed by atoms with E-state index in [-0.39, 0.29) is 22.6 Å². The van der Waals surface area contributed by atoms with Crippen molar-refractivity contribution in [3.8, 4) is 17.3 Å². The molecule has 9 heteroatoms. The number of benzene rings is 1. The highest BCUT2D eigenvalue weighted by molar-refractivity contribution is 6.30. The Morgan fingerprint density at radius 3 is 2.54 bits per heavy atom. The van der Waals surface area contributed by atoms with E-state index in [4.69, 9.17) is 11.6 Å². The van der Waals surface area contributed by atoms with Gasteiger partial charge in [0, 0.05) is 41.7 Å². The molecule has 0 aliphatic rings. The summed E-state index contributed by atoms with van der Waals surface area (Å²) in [4.78, 5) is 25.6. The third-order valence-corrected chi connectivity index (χ3v) is 6.29. The molecular formula is C26H18ClFN6O. The fourth-order valence-corrected chi connectivity index (χ4v) is 4.32. The highest BCUT2D eigenvalue weighted by Gasteiger charge is 2.41. The molecule has 0 spiro atoms. The maximum atomic E-state index is 17.3. The maximum absolute atomic E-state index is 17.3. The number of fused-ring (bicyclic) bond motifs is 1. The van der Waals surface area contributed by atoms with Crippen LogP contribution in [0.25, 0.3) is 22.2 Å². The van der Waals surface area contributed by atoms with E-state index >= 15 is 4.39 Å². The quantitative estimate of drug-likeness (QED) is 0.374. The summed E-state index contributed by atoms with van der Waals surface area (Å²) < 4.78 is 20.3. The van der Waals surface area contributed by atoms with Crippen molar-refractivity contribution in [3.63, 3.8) is 0 Å². The molecule has 35 heavy (non-hydrogen) atoms. The highest BCUT2D eigenvalue weighted by Crippen LogP contribution is 2.41. The molecule has 0 fully saturated rings. The SMILES string of the molecule is Cn1cncc1[C@@](F)(c1ccc(Cl)cc1)c1cc2c(-c3cccc(C#N)n3)cc(=O)n(C)c2cn1. The van der Waals surface area contributed by atoms with Crippen LogP contribution in [0.2, 0.25) is 5.02 Å². The summed E-state index contributed by atoms with van der Waals surface area (Å²) in [6, 6.07) is 16.5. The van der Waals surface area contributed by atoms with Gasteiger partial charge in [-0.05, 0) is 30.3 Å². The number of alkyl halides is 1. The molecule has 0 N–H and O–H groups in total. The molecule has 0 amide bonds. The molecule has 0 saturated carbocycles. The Morgan fingerprint density at radius 1 is 1.09 bits per heavy atom. The number of aryl methyl sites for hydroxylation is 2. The second-order valence-corrected chi connectivity index (χ2v) is 8.55. The van der Waals surface area contributed by atoms with Gasteiger partial charge in [0.1, 0.15) is 11.8 Å². The lowest BCUT2D eigenvalue weighted by molar-refractivity contribution is 0.260. The molecule has 0 bridgehead atoms. The second kappa shape index (κ2) is 8.46. The van der Waals surface area contributed by atoms with Crippen molar-refractivity contribution in [1.29, 1.82) is 5.26 Å². The van der Waals surface area contributed by atoms with E-state index in [2.05, 4.69) is 15.0 Å². The number of nitrogens with zero attached hydrogens (tertiary/aromatic N) is 6. The van der Waals surface area contributed by atoms with Gasteiger partial charge in [-0.3, -0.25) is 9.78 Å². The summed E-state index contributed by atoms with van der Waals surface area (Å²) in [5.74, 6) is 0. The predicted molar refractivity (Wildman–Crippen MR) is 131 cm³/mol. The van der Waals surface area contributed by atoms with E-state index in [9.17, 15) is 10.1 Å². The van der Waals surface area contributed by atoms with Crippen molar-refractivity contribution in [2.75, 3.05) is 0 Å². The summed E-state index contributed by atoms with van der Waals surface area (Å²) in [6.07, 6.45) is 4.46. The Kier molecular flexibility index (Phi) is 5.42. The Balaban J connectivity index is 1.84. The first-order valence-corrected chi connectivity index (χ1v) is 11.0. The van der Waals surface area contributed by atoms with Crippen LogP contribution in [0.1, 0.15) is 22.6 Å². The van der Waals surface area contributed by atoms with Gasteiger partial charge in [0.05, 0.1) is 41.3 Å². The Morgan fingerprint density at radius 2 is 1.86 bits per heavy atom. The number of aromatic nitrogens is 5. The molecule has 172 valence electrons. The van der Waals surface area contributed by atoms with E-state index in [0.717, 1.165) is 0 Å². The third kappa shape index (κ3) is 3.66. The van der Waals surface area contributed by atoms with Crippen molar-refractivity contribution in [1.82, 2.24) is 24.1 Å². The zero-order valence-corrected chi connectivity index (χ0v) is 19.5. The van der Waals surface area contributed by atoms with Crippen LogP contribution in [-0.4, -0.2) is 24.1 Å². The van der Waals surface area contributed by atoms with Gasteiger partial charge in [-0.1, -0.05) is 29.8 Å². The van der Waals surface area contributed by atoms with Gasteiger partial charge in [-0.2, -0.15) is 5.26 Å². The van der Waals surface area contributed by atoms with Crippen LogP contribution in [0, 0.1) is 11.3 Å².